The summed E-state index contributed by atoms with van der Waals surface area (Å²) in [7, 11) is 0. The highest BCUT2D eigenvalue weighted by Crippen LogP contribution is 2.31. The standard InChI is InChI=1S/C18H18ClF3N6O/c1-9(11-3-2-10(20)6-12(11)17(21)22)25-13-4-5-28(8-14(13)26-23)15-7-24-27-18(29)16(15)19/h2-3,6-7,9,17,23,25H,4-5,8H2,1H3,(H,27,29). The van der Waals surface area contributed by atoms with Gasteiger partial charge in [0.25, 0.3) is 12.0 Å². The molecule has 0 radical (unpaired) electrons. The molecule has 0 saturated heterocycles. The number of hydrogen-bond donors (Lipinski definition) is 3. The minimum Gasteiger partial charge on any atom is -0.380 e. The van der Waals surface area contributed by atoms with Gasteiger partial charge < -0.3 is 10.2 Å². The summed E-state index contributed by atoms with van der Waals surface area (Å²) in [5.74, 6) is -0.728. The van der Waals surface area contributed by atoms with Crippen LogP contribution in [0.25, 0.3) is 0 Å². The molecular formula is C18H18ClF3N6O. The second-order valence-electron chi connectivity index (χ2n) is 6.55. The monoisotopic (exact) mass is 426 g/mol. The van der Waals surface area contributed by atoms with Crippen LogP contribution in [0.1, 0.15) is 36.9 Å². The van der Waals surface area contributed by atoms with E-state index < -0.39 is 23.8 Å². The van der Waals surface area contributed by atoms with E-state index in [-0.39, 0.29) is 22.7 Å². The molecule has 1 atom stereocenters. The summed E-state index contributed by atoms with van der Waals surface area (Å²) >= 11 is 6.04. The Morgan fingerprint density at radius 3 is 2.83 bits per heavy atom. The lowest BCUT2D eigenvalue weighted by Crippen LogP contribution is -2.36. The Kier molecular flexibility index (Phi) is 6.21. The minimum absolute atomic E-state index is 0.0120. The smallest absolute Gasteiger partial charge is 0.285 e. The highest BCUT2D eigenvalue weighted by atomic mass is 35.5. The first-order chi connectivity index (χ1) is 13.8. The highest BCUT2D eigenvalue weighted by Gasteiger charge is 2.25. The van der Waals surface area contributed by atoms with E-state index in [9.17, 15) is 18.0 Å². The molecule has 154 valence electrons. The van der Waals surface area contributed by atoms with Gasteiger partial charge in [0.1, 0.15) is 16.5 Å². The normalized spacial score (nSPS) is 15.6. The van der Waals surface area contributed by atoms with Crippen LogP contribution in [0.3, 0.4) is 0 Å². The van der Waals surface area contributed by atoms with Crippen molar-refractivity contribution in [3.05, 3.63) is 68.1 Å². The first-order valence-electron chi connectivity index (χ1n) is 8.73. The Balaban J connectivity index is 1.84. The van der Waals surface area contributed by atoms with Gasteiger partial charge in [-0.15, -0.1) is 0 Å². The molecule has 1 aliphatic heterocycles. The molecule has 1 aromatic carbocycles. The number of H-pyrrole nitrogens is 1. The molecule has 1 unspecified atom stereocenters. The van der Waals surface area contributed by atoms with Crippen molar-refractivity contribution in [2.45, 2.75) is 25.8 Å². The zero-order chi connectivity index (χ0) is 21.1. The quantitative estimate of drug-likeness (QED) is 0.600. The molecule has 0 amide bonds. The van der Waals surface area contributed by atoms with E-state index in [1.165, 1.54) is 12.3 Å². The molecule has 0 fully saturated rings. The van der Waals surface area contributed by atoms with E-state index in [1.54, 1.807) is 11.8 Å². The van der Waals surface area contributed by atoms with Crippen molar-refractivity contribution in [3.63, 3.8) is 0 Å². The lowest BCUT2D eigenvalue weighted by Gasteiger charge is -2.32. The van der Waals surface area contributed by atoms with Gasteiger partial charge in [-0.2, -0.15) is 10.2 Å². The molecule has 1 aromatic heterocycles. The van der Waals surface area contributed by atoms with E-state index in [0.29, 0.717) is 30.0 Å². The number of rotatable bonds is 6. The van der Waals surface area contributed by atoms with Crippen LogP contribution in [-0.4, -0.2) is 23.3 Å². The van der Waals surface area contributed by atoms with Gasteiger partial charge in [0.15, 0.2) is 0 Å². The maximum absolute atomic E-state index is 13.4. The number of hydrogen-bond acceptors (Lipinski definition) is 6. The van der Waals surface area contributed by atoms with Crippen LogP contribution in [0.5, 0.6) is 0 Å². The van der Waals surface area contributed by atoms with Gasteiger partial charge in [0.2, 0.25) is 0 Å². The van der Waals surface area contributed by atoms with Crippen LogP contribution in [0.15, 0.2) is 45.7 Å². The van der Waals surface area contributed by atoms with Crippen molar-refractivity contribution < 1.29 is 13.2 Å². The molecule has 0 saturated carbocycles. The fourth-order valence-electron chi connectivity index (χ4n) is 3.27. The topological polar surface area (TPSA) is 97.2 Å². The second kappa shape index (κ2) is 8.64. The Hall–Kier alpha value is -2.88. The van der Waals surface area contributed by atoms with Crippen LogP contribution >= 0.6 is 11.6 Å². The first kappa shape index (κ1) is 20.8. The van der Waals surface area contributed by atoms with Crippen LogP contribution in [0.2, 0.25) is 5.02 Å². The van der Waals surface area contributed by atoms with E-state index in [2.05, 4.69) is 20.6 Å². The van der Waals surface area contributed by atoms with Crippen LogP contribution in [0.4, 0.5) is 18.9 Å². The Morgan fingerprint density at radius 2 is 2.14 bits per heavy atom. The number of nitrogens with zero attached hydrogens (tertiary/aromatic N) is 3. The fraction of sp³-hybridized carbons (Fsp3) is 0.333. The predicted octanol–water partition coefficient (Wildman–Crippen LogP) is 4.30. The van der Waals surface area contributed by atoms with Crippen molar-refractivity contribution in [1.29, 1.82) is 5.53 Å². The van der Waals surface area contributed by atoms with Gasteiger partial charge >= 0.3 is 0 Å². The average molecular weight is 427 g/mol. The van der Waals surface area contributed by atoms with Gasteiger partial charge in [0, 0.05) is 30.3 Å². The number of aromatic nitrogens is 2. The minimum atomic E-state index is -2.81. The lowest BCUT2D eigenvalue weighted by atomic mass is 10.00. The zero-order valence-electron chi connectivity index (χ0n) is 15.3. The maximum Gasteiger partial charge on any atom is 0.285 e. The van der Waals surface area contributed by atoms with Crippen LogP contribution < -0.4 is 15.8 Å². The van der Waals surface area contributed by atoms with E-state index in [1.807, 2.05) is 0 Å². The number of alkyl halides is 2. The van der Waals surface area contributed by atoms with Crippen molar-refractivity contribution in [1.82, 2.24) is 15.5 Å². The number of halogens is 4. The zero-order valence-corrected chi connectivity index (χ0v) is 16.1. The fourth-order valence-corrected chi connectivity index (χ4v) is 3.48. The third-order valence-electron chi connectivity index (χ3n) is 4.71. The van der Waals surface area contributed by atoms with E-state index >= 15 is 0 Å². The summed E-state index contributed by atoms with van der Waals surface area (Å²) in [6.45, 7) is 2.32. The van der Waals surface area contributed by atoms with Crippen molar-refractivity contribution in [2.24, 2.45) is 5.11 Å². The molecule has 1 aliphatic rings. The van der Waals surface area contributed by atoms with Gasteiger partial charge in [0.05, 0.1) is 18.4 Å². The maximum atomic E-state index is 13.4. The Morgan fingerprint density at radius 1 is 1.38 bits per heavy atom. The van der Waals surface area contributed by atoms with Gasteiger partial charge in [-0.3, -0.25) is 4.79 Å². The molecule has 2 heterocycles. The highest BCUT2D eigenvalue weighted by molar-refractivity contribution is 6.33. The molecule has 29 heavy (non-hydrogen) atoms. The molecule has 0 aliphatic carbocycles. The van der Waals surface area contributed by atoms with Gasteiger partial charge in [-0.25, -0.2) is 23.8 Å². The number of benzene rings is 1. The van der Waals surface area contributed by atoms with Gasteiger partial charge in [-0.05, 0) is 24.6 Å². The third kappa shape index (κ3) is 4.42. The predicted molar refractivity (Wildman–Crippen MR) is 102 cm³/mol. The van der Waals surface area contributed by atoms with Crippen LogP contribution in [0, 0.1) is 11.3 Å². The molecular weight excluding hydrogens is 409 g/mol. The van der Waals surface area contributed by atoms with Gasteiger partial charge in [-0.1, -0.05) is 17.7 Å². The molecule has 3 rings (SSSR count). The third-order valence-corrected chi connectivity index (χ3v) is 5.08. The SMILES string of the molecule is CC(NC1=C(N=N)CN(c2cn[nH]c(=O)c2Cl)CC1)c1ccc(F)cc1C(F)F. The molecule has 0 spiro atoms. The molecule has 11 heteroatoms. The van der Waals surface area contributed by atoms with Crippen molar-refractivity contribution in [3.8, 4) is 0 Å². The summed E-state index contributed by atoms with van der Waals surface area (Å²) < 4.78 is 39.9. The first-order valence-corrected chi connectivity index (χ1v) is 9.11. The van der Waals surface area contributed by atoms with Crippen molar-refractivity contribution in [2.75, 3.05) is 18.0 Å². The largest absolute Gasteiger partial charge is 0.380 e. The molecule has 7 nitrogen and oxygen atoms in total. The summed E-state index contributed by atoms with van der Waals surface area (Å²) in [5.41, 5.74) is 8.25. The second-order valence-corrected chi connectivity index (χ2v) is 6.92. The van der Waals surface area contributed by atoms with E-state index in [0.717, 1.165) is 12.1 Å². The summed E-state index contributed by atoms with van der Waals surface area (Å²) in [5, 5.41) is 12.6. The number of anilines is 1. The van der Waals surface area contributed by atoms with E-state index in [4.69, 9.17) is 17.1 Å². The number of nitrogens with one attached hydrogen (secondary N) is 3. The van der Waals surface area contributed by atoms with Crippen molar-refractivity contribution >= 4 is 17.3 Å². The lowest BCUT2D eigenvalue weighted by molar-refractivity contribution is 0.149. The summed E-state index contributed by atoms with van der Waals surface area (Å²) in [6.07, 6.45) is -0.984. The molecule has 3 N–H and O–H groups in total. The molecule has 0 bridgehead atoms. The van der Waals surface area contributed by atoms with Crippen LogP contribution in [-0.2, 0) is 0 Å². The Labute approximate surface area is 169 Å². The summed E-state index contributed by atoms with van der Waals surface area (Å²) in [4.78, 5) is 13.4. The summed E-state index contributed by atoms with van der Waals surface area (Å²) in [6, 6.07) is 2.73. The number of aromatic amines is 1. The molecule has 2 aromatic rings. The average Bonchev–Trinajstić information content (AvgIpc) is 2.70. The Bertz CT molecular complexity index is 1010.